The van der Waals surface area contributed by atoms with E-state index >= 15 is 0 Å². The molecule has 1 saturated heterocycles. The number of pyridine rings is 1. The standard InChI is InChI=1S/C15H23N3O/c1-12-8-15(14(11-19)9-16-12)18-6-4-17(5-7-18)10-13-2-3-13/h8-9,13,19H,2-7,10-11H2,1H3. The van der Waals surface area contributed by atoms with E-state index in [4.69, 9.17) is 0 Å². The SMILES string of the molecule is Cc1cc(N2CCN(CC3CC3)CC2)c(CO)cn1. The van der Waals surface area contributed by atoms with Crippen molar-refractivity contribution < 1.29 is 5.11 Å². The van der Waals surface area contributed by atoms with Gasteiger partial charge in [-0.1, -0.05) is 0 Å². The van der Waals surface area contributed by atoms with Crippen LogP contribution in [-0.2, 0) is 6.61 Å². The van der Waals surface area contributed by atoms with E-state index in [0.717, 1.165) is 43.4 Å². The van der Waals surface area contributed by atoms with Gasteiger partial charge in [0.1, 0.15) is 0 Å². The summed E-state index contributed by atoms with van der Waals surface area (Å²) in [5.41, 5.74) is 3.13. The first kappa shape index (κ1) is 12.9. The average Bonchev–Trinajstić information content (AvgIpc) is 3.23. The van der Waals surface area contributed by atoms with Crippen molar-refractivity contribution in [1.29, 1.82) is 0 Å². The fourth-order valence-electron chi connectivity index (χ4n) is 2.83. The monoisotopic (exact) mass is 261 g/mol. The van der Waals surface area contributed by atoms with Gasteiger partial charge in [-0.25, -0.2) is 0 Å². The van der Waals surface area contributed by atoms with Crippen LogP contribution in [0.5, 0.6) is 0 Å². The Bertz CT molecular complexity index is 437. The zero-order valence-electron chi connectivity index (χ0n) is 11.7. The highest BCUT2D eigenvalue weighted by Gasteiger charge is 2.26. The molecule has 2 heterocycles. The molecule has 3 rings (SSSR count). The number of aliphatic hydroxyl groups excluding tert-OH is 1. The number of nitrogens with zero attached hydrogens (tertiary/aromatic N) is 3. The minimum absolute atomic E-state index is 0.0743. The third kappa shape index (κ3) is 3.07. The third-order valence-corrected chi connectivity index (χ3v) is 4.20. The summed E-state index contributed by atoms with van der Waals surface area (Å²) in [6.07, 6.45) is 4.66. The Kier molecular flexibility index (Phi) is 3.71. The summed E-state index contributed by atoms with van der Waals surface area (Å²) in [6.45, 7) is 7.77. The zero-order valence-corrected chi connectivity index (χ0v) is 11.7. The van der Waals surface area contributed by atoms with E-state index in [1.165, 1.54) is 25.1 Å². The number of aryl methyl sites for hydroxylation is 1. The Morgan fingerprint density at radius 2 is 2.00 bits per heavy atom. The lowest BCUT2D eigenvalue weighted by atomic mass is 10.1. The average molecular weight is 261 g/mol. The van der Waals surface area contributed by atoms with Crippen LogP contribution in [0, 0.1) is 12.8 Å². The van der Waals surface area contributed by atoms with E-state index < -0.39 is 0 Å². The molecule has 19 heavy (non-hydrogen) atoms. The number of hydrogen-bond donors (Lipinski definition) is 1. The first-order valence-electron chi connectivity index (χ1n) is 7.30. The van der Waals surface area contributed by atoms with E-state index in [1.807, 2.05) is 6.92 Å². The fraction of sp³-hybridized carbons (Fsp3) is 0.667. The maximum Gasteiger partial charge on any atom is 0.0717 e. The molecule has 0 spiro atoms. The quantitative estimate of drug-likeness (QED) is 0.889. The van der Waals surface area contributed by atoms with Gasteiger partial charge < -0.3 is 10.0 Å². The van der Waals surface area contributed by atoms with Gasteiger partial charge in [0.05, 0.1) is 6.61 Å². The van der Waals surface area contributed by atoms with Gasteiger partial charge in [0.15, 0.2) is 0 Å². The molecule has 4 nitrogen and oxygen atoms in total. The van der Waals surface area contributed by atoms with Crippen LogP contribution in [0.2, 0.25) is 0 Å². The Morgan fingerprint density at radius 1 is 1.26 bits per heavy atom. The highest BCUT2D eigenvalue weighted by molar-refractivity contribution is 5.53. The van der Waals surface area contributed by atoms with Crippen molar-refractivity contribution in [3.05, 3.63) is 23.5 Å². The Hall–Kier alpha value is -1.13. The molecule has 1 aromatic rings. The molecule has 0 unspecified atom stereocenters. The van der Waals surface area contributed by atoms with Crippen molar-refractivity contribution in [3.8, 4) is 0 Å². The zero-order chi connectivity index (χ0) is 13.2. The van der Waals surface area contributed by atoms with Gasteiger partial charge in [0, 0.05) is 55.9 Å². The molecule has 0 aromatic carbocycles. The normalized spacial score (nSPS) is 20.8. The Labute approximate surface area is 115 Å². The summed E-state index contributed by atoms with van der Waals surface area (Å²) in [7, 11) is 0. The topological polar surface area (TPSA) is 39.6 Å². The summed E-state index contributed by atoms with van der Waals surface area (Å²) in [4.78, 5) is 9.25. The van der Waals surface area contributed by atoms with Gasteiger partial charge in [-0.2, -0.15) is 0 Å². The second-order valence-electron chi connectivity index (χ2n) is 5.84. The molecule has 4 heteroatoms. The number of rotatable bonds is 4. The molecule has 0 amide bonds. The summed E-state index contributed by atoms with van der Waals surface area (Å²) in [5.74, 6) is 0.975. The summed E-state index contributed by atoms with van der Waals surface area (Å²) in [6, 6.07) is 2.10. The van der Waals surface area contributed by atoms with Crippen molar-refractivity contribution in [2.24, 2.45) is 5.92 Å². The Morgan fingerprint density at radius 3 is 2.63 bits per heavy atom. The Balaban J connectivity index is 1.65. The number of piperazine rings is 1. The molecule has 1 aromatic heterocycles. The van der Waals surface area contributed by atoms with Crippen molar-refractivity contribution >= 4 is 5.69 Å². The summed E-state index contributed by atoms with van der Waals surface area (Å²) >= 11 is 0. The lowest BCUT2D eigenvalue weighted by Crippen LogP contribution is -2.47. The van der Waals surface area contributed by atoms with Gasteiger partial charge in [0.2, 0.25) is 0 Å². The van der Waals surface area contributed by atoms with Crippen molar-refractivity contribution in [3.63, 3.8) is 0 Å². The third-order valence-electron chi connectivity index (χ3n) is 4.20. The lowest BCUT2D eigenvalue weighted by Gasteiger charge is -2.37. The maximum atomic E-state index is 9.44. The van der Waals surface area contributed by atoms with Gasteiger partial charge in [0.25, 0.3) is 0 Å². The summed E-state index contributed by atoms with van der Waals surface area (Å²) < 4.78 is 0. The molecule has 0 atom stereocenters. The predicted octanol–water partition coefficient (Wildman–Crippen LogP) is 1.41. The van der Waals surface area contributed by atoms with Crippen LogP contribution < -0.4 is 4.90 Å². The van der Waals surface area contributed by atoms with Crippen molar-refractivity contribution in [2.75, 3.05) is 37.6 Å². The smallest absolute Gasteiger partial charge is 0.0717 e. The molecule has 104 valence electrons. The van der Waals surface area contributed by atoms with E-state index in [2.05, 4.69) is 20.9 Å². The largest absolute Gasteiger partial charge is 0.392 e. The summed E-state index contributed by atoms with van der Waals surface area (Å²) in [5, 5.41) is 9.44. The van der Waals surface area contributed by atoms with Crippen LogP contribution >= 0.6 is 0 Å². The highest BCUT2D eigenvalue weighted by Crippen LogP contribution is 2.30. The first-order chi connectivity index (χ1) is 9.26. The number of aromatic nitrogens is 1. The minimum atomic E-state index is 0.0743. The van der Waals surface area contributed by atoms with Crippen LogP contribution in [0.4, 0.5) is 5.69 Å². The van der Waals surface area contributed by atoms with E-state index in [1.54, 1.807) is 6.20 Å². The molecule has 0 bridgehead atoms. The second kappa shape index (κ2) is 5.47. The molecule has 0 radical (unpaired) electrons. The van der Waals surface area contributed by atoms with Crippen LogP contribution in [0.1, 0.15) is 24.1 Å². The molecular formula is C15H23N3O. The van der Waals surface area contributed by atoms with Crippen molar-refractivity contribution in [1.82, 2.24) is 9.88 Å². The minimum Gasteiger partial charge on any atom is -0.392 e. The van der Waals surface area contributed by atoms with Gasteiger partial charge in [-0.3, -0.25) is 9.88 Å². The van der Waals surface area contributed by atoms with Crippen LogP contribution in [0.3, 0.4) is 0 Å². The molecular weight excluding hydrogens is 238 g/mol. The van der Waals surface area contributed by atoms with Crippen LogP contribution in [0.15, 0.2) is 12.3 Å². The molecule has 1 saturated carbocycles. The van der Waals surface area contributed by atoms with E-state index in [-0.39, 0.29) is 6.61 Å². The lowest BCUT2D eigenvalue weighted by molar-refractivity contribution is 0.246. The predicted molar refractivity (Wildman–Crippen MR) is 76.3 cm³/mol. The van der Waals surface area contributed by atoms with E-state index in [9.17, 15) is 5.11 Å². The second-order valence-corrected chi connectivity index (χ2v) is 5.84. The molecule has 2 fully saturated rings. The number of aliphatic hydroxyl groups is 1. The van der Waals surface area contributed by atoms with Crippen LogP contribution in [-0.4, -0.2) is 47.7 Å². The number of hydrogen-bond acceptors (Lipinski definition) is 4. The van der Waals surface area contributed by atoms with Gasteiger partial charge in [-0.05, 0) is 31.7 Å². The van der Waals surface area contributed by atoms with Crippen molar-refractivity contribution in [2.45, 2.75) is 26.4 Å². The molecule has 1 aliphatic carbocycles. The van der Waals surface area contributed by atoms with E-state index in [0.29, 0.717) is 0 Å². The van der Waals surface area contributed by atoms with Gasteiger partial charge >= 0.3 is 0 Å². The maximum absolute atomic E-state index is 9.44. The first-order valence-corrected chi connectivity index (χ1v) is 7.30. The van der Waals surface area contributed by atoms with Gasteiger partial charge in [-0.15, -0.1) is 0 Å². The molecule has 1 N–H and O–H groups in total. The highest BCUT2D eigenvalue weighted by atomic mass is 16.3. The molecule has 2 aliphatic rings. The van der Waals surface area contributed by atoms with Crippen LogP contribution in [0.25, 0.3) is 0 Å². The molecule has 1 aliphatic heterocycles. The number of anilines is 1. The fourth-order valence-corrected chi connectivity index (χ4v) is 2.83.